The standard InChI is InChI=1S/C23H17BrFN3O2S/c1-13-10-15(14(2)27(13)18-8-6-17(25)7-9-18)11-20-21(29)26-23(31)28(22(20)30)19-5-3-4-16(24)12-19/h3-12H,1-2H3,(H,26,29,31)/b20-11-. The molecule has 2 amide bonds. The van der Waals surface area contributed by atoms with Crippen molar-refractivity contribution < 1.29 is 14.0 Å². The van der Waals surface area contributed by atoms with Crippen LogP contribution in [0.2, 0.25) is 0 Å². The summed E-state index contributed by atoms with van der Waals surface area (Å²) < 4.78 is 16.0. The zero-order valence-electron chi connectivity index (χ0n) is 16.6. The number of aryl methyl sites for hydroxylation is 1. The molecule has 5 nitrogen and oxygen atoms in total. The average molecular weight is 498 g/mol. The van der Waals surface area contributed by atoms with Gasteiger partial charge in [0.05, 0.1) is 5.69 Å². The summed E-state index contributed by atoms with van der Waals surface area (Å²) >= 11 is 8.63. The summed E-state index contributed by atoms with van der Waals surface area (Å²) in [4.78, 5) is 27.1. The average Bonchev–Trinajstić information content (AvgIpc) is 2.99. The van der Waals surface area contributed by atoms with Crippen LogP contribution in [0.4, 0.5) is 10.1 Å². The van der Waals surface area contributed by atoms with Crippen molar-refractivity contribution in [1.29, 1.82) is 0 Å². The van der Waals surface area contributed by atoms with Crippen molar-refractivity contribution in [3.05, 3.63) is 87.4 Å². The van der Waals surface area contributed by atoms with Crippen molar-refractivity contribution in [2.24, 2.45) is 0 Å². The largest absolute Gasteiger partial charge is 0.318 e. The molecule has 4 rings (SSSR count). The number of hydrogen-bond donors (Lipinski definition) is 1. The highest BCUT2D eigenvalue weighted by Gasteiger charge is 2.34. The molecule has 8 heteroatoms. The summed E-state index contributed by atoms with van der Waals surface area (Å²) in [6.45, 7) is 3.79. The van der Waals surface area contributed by atoms with E-state index in [1.165, 1.54) is 17.0 Å². The van der Waals surface area contributed by atoms with Crippen LogP contribution in [-0.4, -0.2) is 21.5 Å². The van der Waals surface area contributed by atoms with Crippen LogP contribution in [0.25, 0.3) is 11.8 Å². The minimum atomic E-state index is -0.548. The predicted molar refractivity (Wildman–Crippen MR) is 126 cm³/mol. The highest BCUT2D eigenvalue weighted by Crippen LogP contribution is 2.27. The number of hydrogen-bond acceptors (Lipinski definition) is 3. The molecule has 1 aliphatic heterocycles. The van der Waals surface area contributed by atoms with Crippen molar-refractivity contribution in [1.82, 2.24) is 9.88 Å². The quantitative estimate of drug-likeness (QED) is 0.320. The number of aromatic nitrogens is 1. The van der Waals surface area contributed by atoms with E-state index in [4.69, 9.17) is 12.2 Å². The minimum Gasteiger partial charge on any atom is -0.318 e. The van der Waals surface area contributed by atoms with Gasteiger partial charge in [-0.2, -0.15) is 0 Å². The molecule has 0 bridgehead atoms. The van der Waals surface area contributed by atoms with Gasteiger partial charge in [0.15, 0.2) is 5.11 Å². The van der Waals surface area contributed by atoms with Gasteiger partial charge >= 0.3 is 0 Å². The molecule has 0 aliphatic carbocycles. The molecule has 0 spiro atoms. The Morgan fingerprint density at radius 1 is 1.03 bits per heavy atom. The second kappa shape index (κ2) is 8.20. The van der Waals surface area contributed by atoms with Crippen LogP contribution in [0.3, 0.4) is 0 Å². The molecule has 1 saturated heterocycles. The summed E-state index contributed by atoms with van der Waals surface area (Å²) in [6, 6.07) is 15.1. The molecule has 2 aromatic carbocycles. The lowest BCUT2D eigenvalue weighted by atomic mass is 10.1. The summed E-state index contributed by atoms with van der Waals surface area (Å²) in [5, 5.41) is 2.62. The molecule has 1 fully saturated rings. The lowest BCUT2D eigenvalue weighted by Gasteiger charge is -2.29. The zero-order valence-corrected chi connectivity index (χ0v) is 19.1. The topological polar surface area (TPSA) is 54.3 Å². The van der Waals surface area contributed by atoms with Gasteiger partial charge in [0.1, 0.15) is 11.4 Å². The molecular weight excluding hydrogens is 481 g/mol. The first-order valence-electron chi connectivity index (χ1n) is 9.38. The van der Waals surface area contributed by atoms with Crippen LogP contribution >= 0.6 is 28.1 Å². The third-order valence-corrected chi connectivity index (χ3v) is 5.80. The van der Waals surface area contributed by atoms with Gasteiger partial charge < -0.3 is 4.57 Å². The van der Waals surface area contributed by atoms with Crippen LogP contribution in [0.1, 0.15) is 17.0 Å². The maximum atomic E-state index is 13.3. The van der Waals surface area contributed by atoms with Crippen molar-refractivity contribution in [2.45, 2.75) is 13.8 Å². The first-order chi connectivity index (χ1) is 14.8. The Bertz CT molecular complexity index is 1260. The highest BCUT2D eigenvalue weighted by atomic mass is 79.9. The molecule has 1 N–H and O–H groups in total. The molecule has 0 atom stereocenters. The molecule has 1 aromatic heterocycles. The number of anilines is 1. The van der Waals surface area contributed by atoms with Crippen molar-refractivity contribution in [3.63, 3.8) is 0 Å². The molecule has 0 unspecified atom stereocenters. The fraction of sp³-hybridized carbons (Fsp3) is 0.0870. The van der Waals surface area contributed by atoms with E-state index in [2.05, 4.69) is 21.2 Å². The van der Waals surface area contributed by atoms with E-state index in [1.807, 2.05) is 30.5 Å². The van der Waals surface area contributed by atoms with Gasteiger partial charge in [-0.25, -0.2) is 4.39 Å². The van der Waals surface area contributed by atoms with Gasteiger partial charge in [0.2, 0.25) is 0 Å². The Kier molecular flexibility index (Phi) is 5.60. The third kappa shape index (κ3) is 3.96. The van der Waals surface area contributed by atoms with Crippen molar-refractivity contribution in [3.8, 4) is 5.69 Å². The smallest absolute Gasteiger partial charge is 0.270 e. The Hall–Kier alpha value is -3.10. The van der Waals surface area contributed by atoms with E-state index in [1.54, 1.807) is 36.4 Å². The number of halogens is 2. The second-order valence-electron chi connectivity index (χ2n) is 7.08. The number of thiocarbonyl (C=S) groups is 1. The summed E-state index contributed by atoms with van der Waals surface area (Å²) in [5.41, 5.74) is 3.73. The number of amides is 2. The van der Waals surface area contributed by atoms with Crippen molar-refractivity contribution in [2.75, 3.05) is 4.90 Å². The maximum Gasteiger partial charge on any atom is 0.270 e. The number of nitrogens with zero attached hydrogens (tertiary/aromatic N) is 2. The van der Waals surface area contributed by atoms with Crippen LogP contribution in [0.5, 0.6) is 0 Å². The fourth-order valence-corrected chi connectivity index (χ4v) is 4.25. The van der Waals surface area contributed by atoms with Crippen LogP contribution in [0.15, 0.2) is 64.6 Å². The summed E-state index contributed by atoms with van der Waals surface area (Å²) in [6.07, 6.45) is 1.56. The Labute approximate surface area is 192 Å². The summed E-state index contributed by atoms with van der Waals surface area (Å²) in [7, 11) is 0. The SMILES string of the molecule is Cc1cc(/C=C2/C(=O)NC(=S)N(c3cccc(Br)c3)C2=O)c(C)n1-c1ccc(F)cc1. The highest BCUT2D eigenvalue weighted by molar-refractivity contribution is 9.10. The van der Waals surface area contributed by atoms with Crippen LogP contribution in [-0.2, 0) is 9.59 Å². The normalized spacial score (nSPS) is 15.5. The van der Waals surface area contributed by atoms with Crippen molar-refractivity contribution >= 4 is 56.8 Å². The van der Waals surface area contributed by atoms with E-state index in [-0.39, 0.29) is 16.5 Å². The maximum absolute atomic E-state index is 13.3. The van der Waals surface area contributed by atoms with Crippen LogP contribution in [0, 0.1) is 19.7 Å². The monoisotopic (exact) mass is 497 g/mol. The third-order valence-electron chi connectivity index (χ3n) is 5.02. The number of carbonyl (C=O) groups is 2. The Morgan fingerprint density at radius 2 is 1.74 bits per heavy atom. The van der Waals surface area contributed by atoms with Gasteiger partial charge in [-0.3, -0.25) is 19.8 Å². The molecule has 1 aliphatic rings. The molecule has 2 heterocycles. The van der Waals surface area contributed by atoms with Gasteiger partial charge in [0.25, 0.3) is 11.8 Å². The zero-order chi connectivity index (χ0) is 22.3. The summed E-state index contributed by atoms with van der Waals surface area (Å²) in [5.74, 6) is -1.37. The van der Waals surface area contributed by atoms with E-state index < -0.39 is 11.8 Å². The minimum absolute atomic E-state index is 0.0204. The van der Waals surface area contributed by atoms with Gasteiger partial charge in [-0.1, -0.05) is 22.0 Å². The first-order valence-corrected chi connectivity index (χ1v) is 10.6. The number of nitrogens with one attached hydrogen (secondary N) is 1. The molecule has 156 valence electrons. The van der Waals surface area contributed by atoms with E-state index in [0.29, 0.717) is 11.3 Å². The lowest BCUT2D eigenvalue weighted by molar-refractivity contribution is -0.122. The molecular formula is C23H17BrFN3O2S. The molecule has 0 radical (unpaired) electrons. The Morgan fingerprint density at radius 3 is 2.42 bits per heavy atom. The molecule has 0 saturated carbocycles. The van der Waals surface area contributed by atoms with E-state index in [9.17, 15) is 14.0 Å². The number of rotatable bonds is 3. The van der Waals surface area contributed by atoms with Crippen LogP contribution < -0.4 is 10.2 Å². The first kappa shape index (κ1) is 21.1. The van der Waals surface area contributed by atoms with Gasteiger partial charge in [-0.05, 0) is 86.2 Å². The van der Waals surface area contributed by atoms with Gasteiger partial charge in [-0.15, -0.1) is 0 Å². The van der Waals surface area contributed by atoms with E-state index in [0.717, 1.165) is 21.5 Å². The Balaban J connectivity index is 1.76. The molecule has 31 heavy (non-hydrogen) atoms. The predicted octanol–water partition coefficient (Wildman–Crippen LogP) is 4.83. The number of benzene rings is 2. The van der Waals surface area contributed by atoms with E-state index >= 15 is 0 Å². The second-order valence-corrected chi connectivity index (χ2v) is 8.38. The number of carbonyl (C=O) groups excluding carboxylic acids is 2. The lowest BCUT2D eigenvalue weighted by Crippen LogP contribution is -2.54. The fourth-order valence-electron chi connectivity index (χ4n) is 3.58. The molecule has 3 aromatic rings. The van der Waals surface area contributed by atoms with Gasteiger partial charge in [0, 0.05) is 21.5 Å².